The van der Waals surface area contributed by atoms with Crippen LogP contribution in [0.2, 0.25) is 0 Å². The maximum absolute atomic E-state index is 12.2. The van der Waals surface area contributed by atoms with E-state index in [1.54, 1.807) is 12.3 Å². The zero-order valence-corrected chi connectivity index (χ0v) is 13.0. The standard InChI is InChI=1S/C16H25N3O2/c1-3-4-9-19(2)15-11-13(7-8-17-15)16(20)18-12-14-6-5-10-21-14/h7-8,11,14H,3-6,9-10,12H2,1-2H3,(H,18,20). The molecular weight excluding hydrogens is 266 g/mol. The number of hydrogen-bond donors (Lipinski definition) is 1. The number of rotatable bonds is 7. The van der Waals surface area contributed by atoms with E-state index in [9.17, 15) is 4.79 Å². The Hall–Kier alpha value is -1.62. The number of anilines is 1. The van der Waals surface area contributed by atoms with Crippen LogP contribution in [0.1, 0.15) is 43.0 Å². The van der Waals surface area contributed by atoms with Gasteiger partial charge >= 0.3 is 0 Å². The summed E-state index contributed by atoms with van der Waals surface area (Å²) in [7, 11) is 2.01. The van der Waals surface area contributed by atoms with Crippen LogP contribution in [0.4, 0.5) is 5.82 Å². The Bertz CT molecular complexity index is 459. The van der Waals surface area contributed by atoms with Crippen molar-refractivity contribution in [1.29, 1.82) is 0 Å². The van der Waals surface area contributed by atoms with E-state index in [-0.39, 0.29) is 12.0 Å². The fraction of sp³-hybridized carbons (Fsp3) is 0.625. The first-order chi connectivity index (χ1) is 10.2. The van der Waals surface area contributed by atoms with E-state index in [4.69, 9.17) is 4.74 Å². The van der Waals surface area contributed by atoms with Crippen molar-refractivity contribution in [1.82, 2.24) is 10.3 Å². The lowest BCUT2D eigenvalue weighted by Gasteiger charge is -2.18. The molecule has 1 aliphatic rings. The average molecular weight is 291 g/mol. The number of pyridine rings is 1. The van der Waals surface area contributed by atoms with Crippen molar-refractivity contribution in [3.05, 3.63) is 23.9 Å². The highest BCUT2D eigenvalue weighted by atomic mass is 16.5. The maximum Gasteiger partial charge on any atom is 0.251 e. The molecule has 0 bridgehead atoms. The molecule has 1 fully saturated rings. The third kappa shape index (κ3) is 4.70. The zero-order chi connectivity index (χ0) is 15.1. The van der Waals surface area contributed by atoms with E-state index in [1.165, 1.54) is 0 Å². The minimum absolute atomic E-state index is 0.0574. The molecule has 116 valence electrons. The van der Waals surface area contributed by atoms with Gasteiger partial charge in [0.05, 0.1) is 6.10 Å². The minimum atomic E-state index is -0.0574. The summed E-state index contributed by atoms with van der Waals surface area (Å²) >= 11 is 0. The summed E-state index contributed by atoms with van der Waals surface area (Å²) in [5.41, 5.74) is 0.654. The highest BCUT2D eigenvalue weighted by molar-refractivity contribution is 5.94. The van der Waals surface area contributed by atoms with Crippen molar-refractivity contribution in [3.8, 4) is 0 Å². The van der Waals surface area contributed by atoms with Gasteiger partial charge in [-0.3, -0.25) is 4.79 Å². The largest absolute Gasteiger partial charge is 0.376 e. The highest BCUT2D eigenvalue weighted by Crippen LogP contribution is 2.13. The minimum Gasteiger partial charge on any atom is -0.376 e. The van der Waals surface area contributed by atoms with Gasteiger partial charge in [-0.05, 0) is 31.4 Å². The average Bonchev–Trinajstić information content (AvgIpc) is 3.03. The predicted octanol–water partition coefficient (Wildman–Crippen LogP) is 2.23. The number of amides is 1. The van der Waals surface area contributed by atoms with E-state index < -0.39 is 0 Å². The molecule has 0 radical (unpaired) electrons. The number of hydrogen-bond acceptors (Lipinski definition) is 4. The SMILES string of the molecule is CCCCN(C)c1cc(C(=O)NCC2CCCO2)ccn1. The number of unbranched alkanes of at least 4 members (excludes halogenated alkanes) is 1. The molecule has 1 aromatic rings. The summed E-state index contributed by atoms with van der Waals surface area (Å²) in [6, 6.07) is 3.60. The molecule has 2 heterocycles. The molecule has 21 heavy (non-hydrogen) atoms. The van der Waals surface area contributed by atoms with Crippen molar-refractivity contribution in [2.75, 3.05) is 31.6 Å². The molecule has 0 saturated carbocycles. The van der Waals surface area contributed by atoms with E-state index in [0.717, 1.165) is 44.7 Å². The van der Waals surface area contributed by atoms with Crippen LogP contribution < -0.4 is 10.2 Å². The van der Waals surface area contributed by atoms with E-state index >= 15 is 0 Å². The Morgan fingerprint density at radius 3 is 3.14 bits per heavy atom. The monoisotopic (exact) mass is 291 g/mol. The number of aromatic nitrogens is 1. The summed E-state index contributed by atoms with van der Waals surface area (Å²) in [6.07, 6.45) is 6.24. The molecular formula is C16H25N3O2. The topological polar surface area (TPSA) is 54.5 Å². The molecule has 0 spiro atoms. The molecule has 1 amide bonds. The Balaban J connectivity index is 1.90. The number of carbonyl (C=O) groups is 1. The quantitative estimate of drug-likeness (QED) is 0.837. The summed E-state index contributed by atoms with van der Waals surface area (Å²) < 4.78 is 5.51. The van der Waals surface area contributed by atoms with Crippen LogP contribution >= 0.6 is 0 Å². The van der Waals surface area contributed by atoms with Crippen molar-refractivity contribution < 1.29 is 9.53 Å². The summed E-state index contributed by atoms with van der Waals surface area (Å²) in [6.45, 7) is 4.51. The fourth-order valence-corrected chi connectivity index (χ4v) is 2.39. The number of ether oxygens (including phenoxy) is 1. The van der Waals surface area contributed by atoms with Crippen molar-refractivity contribution in [2.24, 2.45) is 0 Å². The normalized spacial score (nSPS) is 17.7. The predicted molar refractivity (Wildman–Crippen MR) is 83.7 cm³/mol. The number of nitrogens with zero attached hydrogens (tertiary/aromatic N) is 2. The van der Waals surface area contributed by atoms with Crippen molar-refractivity contribution >= 4 is 11.7 Å². The van der Waals surface area contributed by atoms with Gasteiger partial charge in [-0.2, -0.15) is 0 Å². The second-order valence-corrected chi connectivity index (χ2v) is 5.52. The van der Waals surface area contributed by atoms with E-state index in [1.807, 2.05) is 13.1 Å². The highest BCUT2D eigenvalue weighted by Gasteiger charge is 2.17. The van der Waals surface area contributed by atoms with Gasteiger partial charge in [0.15, 0.2) is 0 Å². The van der Waals surface area contributed by atoms with Gasteiger partial charge in [-0.25, -0.2) is 4.98 Å². The molecule has 5 heteroatoms. The maximum atomic E-state index is 12.2. The second kappa shape index (κ2) is 7.98. The van der Waals surface area contributed by atoms with Crippen LogP contribution in [0.3, 0.4) is 0 Å². The zero-order valence-electron chi connectivity index (χ0n) is 13.0. The van der Waals surface area contributed by atoms with Gasteiger partial charge in [-0.1, -0.05) is 13.3 Å². The molecule has 1 saturated heterocycles. The first-order valence-electron chi connectivity index (χ1n) is 7.77. The molecule has 0 aromatic carbocycles. The van der Waals surface area contributed by atoms with E-state index in [0.29, 0.717) is 12.1 Å². The first-order valence-corrected chi connectivity index (χ1v) is 7.77. The summed E-state index contributed by atoms with van der Waals surface area (Å²) in [5.74, 6) is 0.784. The van der Waals surface area contributed by atoms with Crippen LogP contribution in [0, 0.1) is 0 Å². The van der Waals surface area contributed by atoms with Gasteiger partial charge in [0.25, 0.3) is 5.91 Å². The molecule has 1 aliphatic heterocycles. The van der Waals surface area contributed by atoms with Crippen molar-refractivity contribution in [2.45, 2.75) is 38.7 Å². The second-order valence-electron chi connectivity index (χ2n) is 5.52. The van der Waals surface area contributed by atoms with Crippen LogP contribution in [0.25, 0.3) is 0 Å². The Morgan fingerprint density at radius 2 is 2.43 bits per heavy atom. The van der Waals surface area contributed by atoms with Gasteiger partial charge < -0.3 is 15.0 Å². The van der Waals surface area contributed by atoms with Gasteiger partial charge in [0, 0.05) is 38.5 Å². The number of nitrogens with one attached hydrogen (secondary N) is 1. The third-order valence-corrected chi connectivity index (χ3v) is 3.76. The lowest BCUT2D eigenvalue weighted by molar-refractivity contribution is 0.0857. The molecule has 0 aliphatic carbocycles. The molecule has 1 N–H and O–H groups in total. The fourth-order valence-electron chi connectivity index (χ4n) is 2.39. The van der Waals surface area contributed by atoms with Crippen molar-refractivity contribution in [3.63, 3.8) is 0 Å². The molecule has 2 rings (SSSR count). The summed E-state index contributed by atoms with van der Waals surface area (Å²) in [5, 5.41) is 2.94. The Labute approximate surface area is 126 Å². The molecule has 1 aromatic heterocycles. The van der Waals surface area contributed by atoms with E-state index in [2.05, 4.69) is 22.1 Å². The lowest BCUT2D eigenvalue weighted by atomic mass is 10.2. The van der Waals surface area contributed by atoms with Gasteiger partial charge in [0.2, 0.25) is 0 Å². The molecule has 5 nitrogen and oxygen atoms in total. The van der Waals surface area contributed by atoms with Gasteiger partial charge in [-0.15, -0.1) is 0 Å². The summed E-state index contributed by atoms with van der Waals surface area (Å²) in [4.78, 5) is 18.6. The molecule has 1 unspecified atom stereocenters. The van der Waals surface area contributed by atoms with Gasteiger partial charge in [0.1, 0.15) is 5.82 Å². The lowest BCUT2D eigenvalue weighted by Crippen LogP contribution is -2.32. The Kier molecular flexibility index (Phi) is 5.99. The first kappa shape index (κ1) is 15.8. The smallest absolute Gasteiger partial charge is 0.251 e. The number of carbonyl (C=O) groups excluding carboxylic acids is 1. The third-order valence-electron chi connectivity index (χ3n) is 3.76. The van der Waals surface area contributed by atoms with Crippen LogP contribution in [-0.4, -0.2) is 43.7 Å². The van der Waals surface area contributed by atoms with Crippen LogP contribution in [0.15, 0.2) is 18.3 Å². The van der Waals surface area contributed by atoms with Crippen LogP contribution in [0.5, 0.6) is 0 Å². The molecule has 1 atom stereocenters. The van der Waals surface area contributed by atoms with Crippen LogP contribution in [-0.2, 0) is 4.74 Å². The Morgan fingerprint density at radius 1 is 1.57 bits per heavy atom.